The topological polar surface area (TPSA) is 59.2 Å². The molecule has 0 atom stereocenters. The molecule has 0 aliphatic rings. The lowest BCUT2D eigenvalue weighted by Crippen LogP contribution is -2.18. The molecule has 0 aliphatic heterocycles. The van der Waals surface area contributed by atoms with E-state index in [1.807, 2.05) is 0 Å². The fourth-order valence-electron chi connectivity index (χ4n) is 1.62. The van der Waals surface area contributed by atoms with Gasteiger partial charge in [-0.05, 0) is 35.0 Å². The Bertz CT molecular complexity index is 681. The summed E-state index contributed by atoms with van der Waals surface area (Å²) < 4.78 is 5.52. The second kappa shape index (κ2) is 5.12. The smallest absolute Gasteiger partial charge is 0.343 e. The Labute approximate surface area is 116 Å². The minimum atomic E-state index is -0.656. The van der Waals surface area contributed by atoms with Crippen LogP contribution < -0.4 is 5.43 Å². The van der Waals surface area contributed by atoms with E-state index in [1.54, 1.807) is 19.1 Å². The molecule has 2 aromatic rings. The molecule has 2 rings (SSSR count). The second-order valence-electron chi connectivity index (χ2n) is 3.53. The fourth-order valence-corrected chi connectivity index (χ4v) is 2.31. The number of nitrogens with one attached hydrogen (secondary N) is 1. The van der Waals surface area contributed by atoms with Gasteiger partial charge in [0.25, 0.3) is 0 Å². The number of benzene rings is 1. The SMILES string of the molecule is CCOC(=O)c1c[nH]c2c(Br)ccc(Cl)c2c1=O. The Balaban J connectivity index is 2.76. The molecule has 0 saturated carbocycles. The van der Waals surface area contributed by atoms with E-state index in [0.717, 1.165) is 0 Å². The van der Waals surface area contributed by atoms with Crippen LogP contribution in [-0.4, -0.2) is 17.6 Å². The van der Waals surface area contributed by atoms with Crippen LogP contribution in [0.15, 0.2) is 27.6 Å². The third-order valence-corrected chi connectivity index (χ3v) is 3.41. The number of esters is 1. The van der Waals surface area contributed by atoms with Gasteiger partial charge in [0.05, 0.1) is 22.5 Å². The first kappa shape index (κ1) is 13.1. The van der Waals surface area contributed by atoms with E-state index >= 15 is 0 Å². The summed E-state index contributed by atoms with van der Waals surface area (Å²) in [4.78, 5) is 26.7. The van der Waals surface area contributed by atoms with E-state index in [4.69, 9.17) is 16.3 Å². The van der Waals surface area contributed by atoms with Gasteiger partial charge in [-0.1, -0.05) is 11.6 Å². The highest BCUT2D eigenvalue weighted by Gasteiger charge is 2.16. The molecule has 4 nitrogen and oxygen atoms in total. The number of carbonyl (C=O) groups excluding carboxylic acids is 1. The highest BCUT2D eigenvalue weighted by molar-refractivity contribution is 9.10. The number of halogens is 2. The van der Waals surface area contributed by atoms with Crippen LogP contribution in [0.5, 0.6) is 0 Å². The van der Waals surface area contributed by atoms with Crippen molar-refractivity contribution in [2.24, 2.45) is 0 Å². The zero-order chi connectivity index (χ0) is 13.3. The minimum absolute atomic E-state index is 0.0515. The molecule has 1 heterocycles. The first-order chi connectivity index (χ1) is 8.56. The van der Waals surface area contributed by atoms with Crippen LogP contribution in [0, 0.1) is 0 Å². The molecule has 18 heavy (non-hydrogen) atoms. The quantitative estimate of drug-likeness (QED) is 0.861. The normalized spacial score (nSPS) is 10.6. The number of hydrogen-bond donors (Lipinski definition) is 1. The maximum atomic E-state index is 12.2. The molecule has 0 bridgehead atoms. The van der Waals surface area contributed by atoms with Crippen LogP contribution in [0.2, 0.25) is 5.02 Å². The van der Waals surface area contributed by atoms with E-state index in [-0.39, 0.29) is 17.6 Å². The van der Waals surface area contributed by atoms with Crippen molar-refractivity contribution in [1.82, 2.24) is 4.98 Å². The van der Waals surface area contributed by atoms with Gasteiger partial charge < -0.3 is 9.72 Å². The van der Waals surface area contributed by atoms with Gasteiger partial charge in [0.2, 0.25) is 5.43 Å². The van der Waals surface area contributed by atoms with Gasteiger partial charge in [-0.2, -0.15) is 0 Å². The van der Waals surface area contributed by atoms with Crippen molar-refractivity contribution in [3.05, 3.63) is 43.6 Å². The van der Waals surface area contributed by atoms with Crippen LogP contribution in [-0.2, 0) is 4.74 Å². The average molecular weight is 331 g/mol. The number of carbonyl (C=O) groups is 1. The van der Waals surface area contributed by atoms with Crippen LogP contribution >= 0.6 is 27.5 Å². The zero-order valence-electron chi connectivity index (χ0n) is 9.42. The Hall–Kier alpha value is -1.33. The van der Waals surface area contributed by atoms with Gasteiger partial charge in [-0.25, -0.2) is 4.79 Å². The molecule has 0 unspecified atom stereocenters. The summed E-state index contributed by atoms with van der Waals surface area (Å²) >= 11 is 9.31. The standard InChI is InChI=1S/C12H9BrClNO3/c1-2-18-12(17)6-5-15-10-7(13)3-4-8(14)9(10)11(6)16/h3-5H,2H2,1H3,(H,15,16). The molecular formula is C12H9BrClNO3. The molecule has 0 fully saturated rings. The number of pyridine rings is 1. The lowest BCUT2D eigenvalue weighted by molar-refractivity contribution is 0.0524. The summed E-state index contributed by atoms with van der Waals surface area (Å²) in [7, 11) is 0. The van der Waals surface area contributed by atoms with E-state index < -0.39 is 11.4 Å². The predicted octanol–water partition coefficient (Wildman–Crippen LogP) is 3.12. The molecule has 6 heteroatoms. The van der Waals surface area contributed by atoms with Gasteiger partial charge in [0, 0.05) is 10.7 Å². The number of ether oxygens (including phenoxy) is 1. The zero-order valence-corrected chi connectivity index (χ0v) is 11.8. The van der Waals surface area contributed by atoms with E-state index in [2.05, 4.69) is 20.9 Å². The number of rotatable bonds is 2. The maximum Gasteiger partial charge on any atom is 0.343 e. The number of fused-ring (bicyclic) bond motifs is 1. The van der Waals surface area contributed by atoms with Crippen LogP contribution in [0.1, 0.15) is 17.3 Å². The third kappa shape index (κ3) is 2.15. The van der Waals surface area contributed by atoms with Gasteiger partial charge in [-0.15, -0.1) is 0 Å². The summed E-state index contributed by atoms with van der Waals surface area (Å²) in [6.07, 6.45) is 1.34. The average Bonchev–Trinajstić information content (AvgIpc) is 2.34. The van der Waals surface area contributed by atoms with Crippen LogP contribution in [0.3, 0.4) is 0 Å². The van der Waals surface area contributed by atoms with Crippen molar-refractivity contribution in [2.45, 2.75) is 6.92 Å². The van der Waals surface area contributed by atoms with Gasteiger partial charge >= 0.3 is 5.97 Å². The molecule has 0 aliphatic carbocycles. The largest absolute Gasteiger partial charge is 0.462 e. The highest BCUT2D eigenvalue weighted by atomic mass is 79.9. The van der Waals surface area contributed by atoms with Crippen LogP contribution in [0.25, 0.3) is 10.9 Å². The lowest BCUT2D eigenvalue weighted by Gasteiger charge is -2.05. The molecule has 0 amide bonds. The number of aromatic amines is 1. The summed E-state index contributed by atoms with van der Waals surface area (Å²) in [6.45, 7) is 1.89. The Morgan fingerprint density at radius 2 is 2.22 bits per heavy atom. The van der Waals surface area contributed by atoms with E-state index in [0.29, 0.717) is 15.0 Å². The minimum Gasteiger partial charge on any atom is -0.462 e. The lowest BCUT2D eigenvalue weighted by atomic mass is 10.1. The molecular weight excluding hydrogens is 321 g/mol. The summed E-state index contributed by atoms with van der Waals surface area (Å²) in [6, 6.07) is 3.32. The molecule has 1 aromatic heterocycles. The molecule has 1 aromatic carbocycles. The molecule has 0 spiro atoms. The first-order valence-corrected chi connectivity index (χ1v) is 6.40. The number of H-pyrrole nitrogens is 1. The van der Waals surface area contributed by atoms with Crippen molar-refractivity contribution in [2.75, 3.05) is 6.61 Å². The monoisotopic (exact) mass is 329 g/mol. The summed E-state index contributed by atoms with van der Waals surface area (Å²) in [5.74, 6) is -0.656. The Kier molecular flexibility index (Phi) is 3.73. The van der Waals surface area contributed by atoms with Gasteiger partial charge in [0.15, 0.2) is 0 Å². The highest BCUT2D eigenvalue weighted by Crippen LogP contribution is 2.26. The van der Waals surface area contributed by atoms with Crippen molar-refractivity contribution < 1.29 is 9.53 Å². The Morgan fingerprint density at radius 1 is 1.50 bits per heavy atom. The Morgan fingerprint density at radius 3 is 2.89 bits per heavy atom. The van der Waals surface area contributed by atoms with Crippen molar-refractivity contribution in [3.63, 3.8) is 0 Å². The van der Waals surface area contributed by atoms with Crippen LogP contribution in [0.4, 0.5) is 0 Å². The van der Waals surface area contributed by atoms with E-state index in [1.165, 1.54) is 6.20 Å². The van der Waals surface area contributed by atoms with E-state index in [9.17, 15) is 9.59 Å². The number of aromatic nitrogens is 1. The van der Waals surface area contributed by atoms with Crippen molar-refractivity contribution in [3.8, 4) is 0 Å². The molecule has 94 valence electrons. The molecule has 1 N–H and O–H groups in total. The van der Waals surface area contributed by atoms with Crippen molar-refractivity contribution >= 4 is 44.4 Å². The first-order valence-electron chi connectivity index (χ1n) is 5.22. The summed E-state index contributed by atoms with van der Waals surface area (Å²) in [5.41, 5.74) is 0.0680. The van der Waals surface area contributed by atoms with Crippen molar-refractivity contribution in [1.29, 1.82) is 0 Å². The third-order valence-electron chi connectivity index (χ3n) is 2.43. The molecule has 0 saturated heterocycles. The molecule has 0 radical (unpaired) electrons. The van der Waals surface area contributed by atoms with Gasteiger partial charge in [-0.3, -0.25) is 4.79 Å². The van der Waals surface area contributed by atoms with Gasteiger partial charge in [0.1, 0.15) is 5.56 Å². The fraction of sp³-hybridized carbons (Fsp3) is 0.167. The summed E-state index contributed by atoms with van der Waals surface area (Å²) in [5, 5.41) is 0.567. The predicted molar refractivity (Wildman–Crippen MR) is 73.2 cm³/mol. The second-order valence-corrected chi connectivity index (χ2v) is 4.79. The maximum absolute atomic E-state index is 12.2. The number of hydrogen-bond acceptors (Lipinski definition) is 3.